The van der Waals surface area contributed by atoms with E-state index in [0.717, 1.165) is 31.6 Å². The minimum absolute atomic E-state index is 0.000997. The molecule has 132 valence electrons. The molecule has 2 heterocycles. The minimum atomic E-state index is -0.543. The van der Waals surface area contributed by atoms with Crippen LogP contribution in [0.4, 0.5) is 5.69 Å². The van der Waals surface area contributed by atoms with Gasteiger partial charge < -0.3 is 14.4 Å². The van der Waals surface area contributed by atoms with Crippen molar-refractivity contribution in [3.63, 3.8) is 0 Å². The Balaban J connectivity index is 2.03. The van der Waals surface area contributed by atoms with Crippen LogP contribution in [0.1, 0.15) is 18.4 Å². The molecule has 25 heavy (non-hydrogen) atoms. The molecule has 2 aliphatic heterocycles. The predicted molar refractivity (Wildman–Crippen MR) is 97.9 cm³/mol. The Hall–Kier alpha value is -2.61. The van der Waals surface area contributed by atoms with Crippen LogP contribution in [-0.2, 0) is 9.59 Å². The van der Waals surface area contributed by atoms with Gasteiger partial charge in [0.25, 0.3) is 11.8 Å². The summed E-state index contributed by atoms with van der Waals surface area (Å²) in [4.78, 5) is 26.3. The van der Waals surface area contributed by atoms with Crippen molar-refractivity contribution < 1.29 is 19.1 Å². The Kier molecular flexibility index (Phi) is 4.89. The number of methoxy groups -OCH3 is 2. The van der Waals surface area contributed by atoms with Crippen LogP contribution < -0.4 is 25.0 Å². The Morgan fingerprint density at radius 2 is 1.64 bits per heavy atom. The monoisotopic (exact) mass is 361 g/mol. The average Bonchev–Trinajstić information content (AvgIpc) is 3.11. The van der Waals surface area contributed by atoms with Crippen LogP contribution in [0, 0.1) is 0 Å². The molecule has 0 aliphatic carbocycles. The molecule has 7 nitrogen and oxygen atoms in total. The normalized spacial score (nSPS) is 17.3. The molecule has 0 saturated carbocycles. The third-order valence-electron chi connectivity index (χ3n) is 4.22. The Bertz CT molecular complexity index is 747. The van der Waals surface area contributed by atoms with Crippen molar-refractivity contribution >= 4 is 40.9 Å². The van der Waals surface area contributed by atoms with Crippen LogP contribution in [0.5, 0.6) is 11.5 Å². The number of nitrogens with one attached hydrogen (secondary N) is 2. The molecular formula is C17H19N3O4S. The van der Waals surface area contributed by atoms with Crippen LogP contribution >= 0.6 is 12.2 Å². The highest BCUT2D eigenvalue weighted by Crippen LogP contribution is 2.38. The van der Waals surface area contributed by atoms with Crippen molar-refractivity contribution in [3.8, 4) is 11.5 Å². The maximum Gasteiger partial charge on any atom is 0.263 e. The predicted octanol–water partition coefficient (Wildman–Crippen LogP) is 1.22. The van der Waals surface area contributed by atoms with E-state index in [0.29, 0.717) is 17.1 Å². The second-order valence-corrected chi connectivity index (χ2v) is 6.16. The molecule has 2 amide bonds. The highest BCUT2D eigenvalue weighted by molar-refractivity contribution is 7.80. The van der Waals surface area contributed by atoms with Crippen molar-refractivity contribution in [2.45, 2.75) is 12.8 Å². The fraction of sp³-hybridized carbons (Fsp3) is 0.353. The van der Waals surface area contributed by atoms with E-state index < -0.39 is 11.8 Å². The second kappa shape index (κ2) is 7.10. The molecule has 0 unspecified atom stereocenters. The van der Waals surface area contributed by atoms with Gasteiger partial charge in [-0.25, -0.2) is 0 Å². The molecule has 3 rings (SSSR count). The molecule has 2 saturated heterocycles. The number of nitrogens with zero attached hydrogens (tertiary/aromatic N) is 1. The van der Waals surface area contributed by atoms with Crippen molar-refractivity contribution in [3.05, 3.63) is 23.3 Å². The van der Waals surface area contributed by atoms with Gasteiger partial charge in [-0.3, -0.25) is 20.2 Å². The second-order valence-electron chi connectivity index (χ2n) is 5.76. The number of anilines is 1. The largest absolute Gasteiger partial charge is 0.496 e. The van der Waals surface area contributed by atoms with E-state index in [1.54, 1.807) is 20.3 Å². The summed E-state index contributed by atoms with van der Waals surface area (Å²) < 4.78 is 11.0. The fourth-order valence-corrected chi connectivity index (χ4v) is 3.17. The van der Waals surface area contributed by atoms with E-state index in [1.807, 2.05) is 6.07 Å². The van der Waals surface area contributed by atoms with Gasteiger partial charge in [-0.1, -0.05) is 0 Å². The number of hydrogen-bond acceptors (Lipinski definition) is 6. The molecule has 0 aromatic heterocycles. The maximum atomic E-state index is 12.0. The van der Waals surface area contributed by atoms with Gasteiger partial charge in [0, 0.05) is 24.7 Å². The minimum Gasteiger partial charge on any atom is -0.496 e. The van der Waals surface area contributed by atoms with Gasteiger partial charge in [0.05, 0.1) is 19.9 Å². The lowest BCUT2D eigenvalue weighted by Gasteiger charge is -2.22. The van der Waals surface area contributed by atoms with Gasteiger partial charge in [-0.05, 0) is 37.2 Å². The first-order chi connectivity index (χ1) is 12.0. The van der Waals surface area contributed by atoms with Gasteiger partial charge in [0.15, 0.2) is 5.11 Å². The van der Waals surface area contributed by atoms with E-state index in [1.165, 1.54) is 6.08 Å². The van der Waals surface area contributed by atoms with Gasteiger partial charge in [0.2, 0.25) is 0 Å². The molecule has 2 N–H and O–H groups in total. The van der Waals surface area contributed by atoms with E-state index in [9.17, 15) is 9.59 Å². The molecular weight excluding hydrogens is 342 g/mol. The summed E-state index contributed by atoms with van der Waals surface area (Å²) in [5.41, 5.74) is 1.48. The molecule has 0 atom stereocenters. The number of hydrogen-bond donors (Lipinski definition) is 2. The SMILES string of the molecule is COc1cc(N2CCCC2)c(OC)cc1C=C1C(=O)NC(=S)NC1=O. The summed E-state index contributed by atoms with van der Waals surface area (Å²) in [5, 5.41) is 4.83. The number of benzene rings is 1. The van der Waals surface area contributed by atoms with Crippen LogP contribution in [-0.4, -0.2) is 44.2 Å². The summed E-state index contributed by atoms with van der Waals surface area (Å²) in [5.74, 6) is 0.141. The molecule has 2 aliphatic rings. The zero-order chi connectivity index (χ0) is 18.0. The summed E-state index contributed by atoms with van der Waals surface area (Å²) in [6.45, 7) is 1.92. The van der Waals surface area contributed by atoms with Crippen LogP contribution in [0.25, 0.3) is 6.08 Å². The van der Waals surface area contributed by atoms with Crippen LogP contribution in [0.15, 0.2) is 17.7 Å². The zero-order valence-electron chi connectivity index (χ0n) is 14.0. The molecule has 1 aromatic rings. The van der Waals surface area contributed by atoms with Gasteiger partial charge in [0.1, 0.15) is 17.1 Å². The topological polar surface area (TPSA) is 79.9 Å². The van der Waals surface area contributed by atoms with Gasteiger partial charge in [-0.2, -0.15) is 0 Å². The van der Waals surface area contributed by atoms with Gasteiger partial charge >= 0.3 is 0 Å². The standard InChI is InChI=1S/C17H19N3O4S/c1-23-13-9-12(20-5-3-4-6-20)14(24-2)8-10(13)7-11-15(21)18-17(25)19-16(11)22/h7-9H,3-6H2,1-2H3,(H2,18,19,21,22,25). The zero-order valence-corrected chi connectivity index (χ0v) is 14.9. The number of amides is 2. The van der Waals surface area contributed by atoms with Crippen molar-refractivity contribution in [1.29, 1.82) is 0 Å². The summed E-state index contributed by atoms with van der Waals surface area (Å²) in [6.07, 6.45) is 3.75. The molecule has 2 fully saturated rings. The number of carbonyl (C=O) groups is 2. The average molecular weight is 361 g/mol. The van der Waals surface area contributed by atoms with Crippen LogP contribution in [0.3, 0.4) is 0 Å². The smallest absolute Gasteiger partial charge is 0.263 e. The highest BCUT2D eigenvalue weighted by Gasteiger charge is 2.27. The summed E-state index contributed by atoms with van der Waals surface area (Å²) in [7, 11) is 3.14. The Morgan fingerprint density at radius 1 is 1.04 bits per heavy atom. The molecule has 8 heteroatoms. The number of ether oxygens (including phenoxy) is 2. The number of thiocarbonyl (C=S) groups is 1. The van der Waals surface area contributed by atoms with E-state index in [-0.39, 0.29) is 10.7 Å². The fourth-order valence-electron chi connectivity index (χ4n) is 2.99. The Morgan fingerprint density at radius 3 is 2.20 bits per heavy atom. The summed E-state index contributed by atoms with van der Waals surface area (Å²) >= 11 is 4.80. The Labute approximate surface area is 151 Å². The molecule has 0 spiro atoms. The van der Waals surface area contributed by atoms with E-state index in [4.69, 9.17) is 21.7 Å². The van der Waals surface area contributed by atoms with Crippen LogP contribution in [0.2, 0.25) is 0 Å². The molecule has 1 aromatic carbocycles. The van der Waals surface area contributed by atoms with Crippen molar-refractivity contribution in [2.75, 3.05) is 32.2 Å². The number of carbonyl (C=O) groups excluding carboxylic acids is 2. The first-order valence-corrected chi connectivity index (χ1v) is 8.33. The third kappa shape index (κ3) is 3.43. The summed E-state index contributed by atoms with van der Waals surface area (Å²) in [6, 6.07) is 3.65. The van der Waals surface area contributed by atoms with E-state index in [2.05, 4.69) is 15.5 Å². The number of rotatable bonds is 4. The lowest BCUT2D eigenvalue weighted by Crippen LogP contribution is -2.51. The van der Waals surface area contributed by atoms with E-state index >= 15 is 0 Å². The first-order valence-electron chi connectivity index (χ1n) is 7.93. The van der Waals surface area contributed by atoms with Crippen molar-refractivity contribution in [1.82, 2.24) is 10.6 Å². The van der Waals surface area contributed by atoms with Crippen molar-refractivity contribution in [2.24, 2.45) is 0 Å². The molecule has 0 radical (unpaired) electrons. The van der Waals surface area contributed by atoms with Gasteiger partial charge in [-0.15, -0.1) is 0 Å². The quantitative estimate of drug-likeness (QED) is 0.477. The lowest BCUT2D eigenvalue weighted by atomic mass is 10.1. The highest BCUT2D eigenvalue weighted by atomic mass is 32.1. The first kappa shape index (κ1) is 17.2. The third-order valence-corrected chi connectivity index (χ3v) is 4.43. The lowest BCUT2D eigenvalue weighted by molar-refractivity contribution is -0.123. The molecule has 0 bridgehead atoms. The maximum absolute atomic E-state index is 12.0.